The van der Waals surface area contributed by atoms with Crippen molar-refractivity contribution in [2.75, 3.05) is 19.8 Å². The van der Waals surface area contributed by atoms with Crippen LogP contribution in [-0.2, 0) is 4.79 Å². The van der Waals surface area contributed by atoms with Crippen molar-refractivity contribution in [3.05, 3.63) is 23.3 Å². The first-order valence-electron chi connectivity index (χ1n) is 6.21. The van der Waals surface area contributed by atoms with Crippen molar-refractivity contribution in [1.29, 1.82) is 5.26 Å². The first-order valence-corrected chi connectivity index (χ1v) is 6.21. The molecule has 0 spiro atoms. The highest BCUT2D eigenvalue weighted by molar-refractivity contribution is 6.34. The molecule has 9 heteroatoms. The molecule has 1 rings (SSSR count). The van der Waals surface area contributed by atoms with Crippen LogP contribution in [0.3, 0.4) is 0 Å². The number of hydrogen-bond donors (Lipinski definition) is 5. The standard InChI is InChI=1S/C14H15N5O4/c1-17-6-11(18-2)19-14(23)8(5-15)12(21)7-3-9(16)13(22)10(20)4-7/h3-4,6,20-22H,16H2,1-2H3,(H,18,19,23)/b12-8-,17-6?. The molecule has 0 aliphatic rings. The Morgan fingerprint density at radius 2 is 2.04 bits per heavy atom. The summed E-state index contributed by atoms with van der Waals surface area (Å²) in [6.45, 7) is 0. The third-order valence-corrected chi connectivity index (χ3v) is 2.70. The zero-order valence-corrected chi connectivity index (χ0v) is 12.4. The van der Waals surface area contributed by atoms with Gasteiger partial charge in [-0.1, -0.05) is 0 Å². The average Bonchev–Trinajstić information content (AvgIpc) is 2.52. The summed E-state index contributed by atoms with van der Waals surface area (Å²) in [5, 5.41) is 40.3. The van der Waals surface area contributed by atoms with Crippen LogP contribution in [0.2, 0.25) is 0 Å². The number of anilines is 1. The summed E-state index contributed by atoms with van der Waals surface area (Å²) in [6, 6.07) is 3.63. The molecule has 0 heterocycles. The summed E-state index contributed by atoms with van der Waals surface area (Å²) in [5.74, 6) is -2.71. The zero-order chi connectivity index (χ0) is 17.6. The second-order valence-electron chi connectivity index (χ2n) is 4.22. The van der Waals surface area contributed by atoms with Crippen LogP contribution in [0, 0.1) is 11.3 Å². The fourth-order valence-corrected chi connectivity index (χ4v) is 1.58. The number of benzene rings is 1. The van der Waals surface area contributed by atoms with E-state index in [2.05, 4.69) is 15.3 Å². The lowest BCUT2D eigenvalue weighted by Crippen LogP contribution is -2.32. The van der Waals surface area contributed by atoms with Crippen molar-refractivity contribution < 1.29 is 20.1 Å². The molecule has 0 saturated carbocycles. The van der Waals surface area contributed by atoms with Crippen LogP contribution in [-0.4, -0.2) is 47.4 Å². The average molecular weight is 317 g/mol. The SMILES string of the molecule is CN=CC(=NC)NC(=O)/C(C#N)=C(\O)c1cc(N)c(O)c(O)c1. The third kappa shape index (κ3) is 3.98. The number of amides is 1. The van der Waals surface area contributed by atoms with Gasteiger partial charge in [-0.3, -0.25) is 14.8 Å². The van der Waals surface area contributed by atoms with Crippen LogP contribution in [0.4, 0.5) is 5.69 Å². The Hall–Kier alpha value is -3.54. The van der Waals surface area contributed by atoms with Crippen molar-refractivity contribution in [1.82, 2.24) is 5.32 Å². The minimum Gasteiger partial charge on any atom is -0.506 e. The highest BCUT2D eigenvalue weighted by Gasteiger charge is 2.19. The van der Waals surface area contributed by atoms with Gasteiger partial charge in [-0.15, -0.1) is 0 Å². The van der Waals surface area contributed by atoms with Gasteiger partial charge in [0.1, 0.15) is 17.7 Å². The van der Waals surface area contributed by atoms with Crippen LogP contribution in [0.1, 0.15) is 5.56 Å². The normalized spacial score (nSPS) is 12.7. The van der Waals surface area contributed by atoms with Gasteiger partial charge in [0.25, 0.3) is 5.91 Å². The van der Waals surface area contributed by atoms with Crippen LogP contribution >= 0.6 is 0 Å². The highest BCUT2D eigenvalue weighted by atomic mass is 16.3. The Balaban J connectivity index is 3.29. The lowest BCUT2D eigenvalue weighted by atomic mass is 10.1. The number of nitrogens with one attached hydrogen (secondary N) is 1. The van der Waals surface area contributed by atoms with Gasteiger partial charge in [-0.2, -0.15) is 5.26 Å². The lowest BCUT2D eigenvalue weighted by Gasteiger charge is -2.08. The molecule has 0 radical (unpaired) electrons. The van der Waals surface area contributed by atoms with Gasteiger partial charge >= 0.3 is 0 Å². The van der Waals surface area contributed by atoms with E-state index >= 15 is 0 Å². The largest absolute Gasteiger partial charge is 0.506 e. The molecule has 1 amide bonds. The fraction of sp³-hybridized carbons (Fsp3) is 0.143. The van der Waals surface area contributed by atoms with E-state index in [4.69, 9.17) is 11.0 Å². The van der Waals surface area contributed by atoms with E-state index in [9.17, 15) is 20.1 Å². The topological polar surface area (TPSA) is 164 Å². The van der Waals surface area contributed by atoms with Crippen LogP contribution < -0.4 is 11.1 Å². The molecule has 0 aliphatic heterocycles. The van der Waals surface area contributed by atoms with Gasteiger partial charge in [0.15, 0.2) is 17.1 Å². The first-order chi connectivity index (χ1) is 10.8. The second kappa shape index (κ2) is 7.46. The number of nitrogen functional groups attached to an aromatic ring is 1. The van der Waals surface area contributed by atoms with E-state index in [1.54, 1.807) is 6.07 Å². The molecule has 0 atom stereocenters. The molecule has 0 fully saturated rings. The smallest absolute Gasteiger partial charge is 0.271 e. The van der Waals surface area contributed by atoms with Crippen molar-refractivity contribution in [3.63, 3.8) is 0 Å². The maximum absolute atomic E-state index is 12.0. The molecule has 0 aliphatic carbocycles. The number of nitrogens with zero attached hydrogens (tertiary/aromatic N) is 3. The van der Waals surface area contributed by atoms with Gasteiger partial charge in [0.05, 0.1) is 11.9 Å². The Morgan fingerprint density at radius 3 is 2.52 bits per heavy atom. The van der Waals surface area contributed by atoms with Gasteiger partial charge < -0.3 is 26.4 Å². The fourth-order valence-electron chi connectivity index (χ4n) is 1.58. The monoisotopic (exact) mass is 317 g/mol. The van der Waals surface area contributed by atoms with Gasteiger partial charge in [0.2, 0.25) is 0 Å². The van der Waals surface area contributed by atoms with E-state index < -0.39 is 28.7 Å². The number of carbonyl (C=O) groups excluding carboxylic acids is 1. The molecule has 6 N–H and O–H groups in total. The summed E-state index contributed by atoms with van der Waals surface area (Å²) in [4.78, 5) is 19.4. The van der Waals surface area contributed by atoms with Crippen LogP contribution in [0.5, 0.6) is 11.5 Å². The Kier molecular flexibility index (Phi) is 5.68. The third-order valence-electron chi connectivity index (χ3n) is 2.70. The number of hydrogen-bond acceptors (Lipinski definition) is 8. The van der Waals surface area contributed by atoms with Crippen molar-refractivity contribution >= 4 is 29.4 Å². The second-order valence-corrected chi connectivity index (χ2v) is 4.22. The number of aliphatic hydroxyl groups excluding tert-OH is 1. The van der Waals surface area contributed by atoms with E-state index in [0.717, 1.165) is 12.1 Å². The van der Waals surface area contributed by atoms with E-state index in [1.165, 1.54) is 20.3 Å². The molecule has 9 nitrogen and oxygen atoms in total. The maximum Gasteiger partial charge on any atom is 0.271 e. The Labute approximate surface area is 131 Å². The molecule has 0 aromatic heterocycles. The molecular weight excluding hydrogens is 302 g/mol. The lowest BCUT2D eigenvalue weighted by molar-refractivity contribution is -0.115. The summed E-state index contributed by atoms with van der Waals surface area (Å²) in [5.41, 5.74) is 4.50. The molecule has 23 heavy (non-hydrogen) atoms. The summed E-state index contributed by atoms with van der Waals surface area (Å²) >= 11 is 0. The van der Waals surface area contributed by atoms with Gasteiger partial charge in [-0.25, -0.2) is 0 Å². The van der Waals surface area contributed by atoms with E-state index in [1.807, 2.05) is 0 Å². The number of aliphatic hydroxyl groups is 1. The number of phenols is 2. The van der Waals surface area contributed by atoms with E-state index in [-0.39, 0.29) is 17.1 Å². The van der Waals surface area contributed by atoms with Crippen molar-refractivity contribution in [3.8, 4) is 17.6 Å². The number of rotatable bonds is 3. The van der Waals surface area contributed by atoms with Crippen LogP contribution in [0.15, 0.2) is 27.7 Å². The summed E-state index contributed by atoms with van der Waals surface area (Å²) in [6.07, 6.45) is 1.26. The summed E-state index contributed by atoms with van der Waals surface area (Å²) in [7, 11) is 2.88. The Morgan fingerprint density at radius 1 is 1.39 bits per heavy atom. The van der Waals surface area contributed by atoms with E-state index in [0.29, 0.717) is 0 Å². The summed E-state index contributed by atoms with van der Waals surface area (Å²) < 4.78 is 0. The first kappa shape index (κ1) is 17.5. The minimum atomic E-state index is -0.920. The number of phenolic OH excluding ortho intramolecular Hbond substituents is 2. The molecule has 0 unspecified atom stereocenters. The number of aromatic hydroxyl groups is 2. The van der Waals surface area contributed by atoms with Crippen molar-refractivity contribution in [2.24, 2.45) is 9.98 Å². The minimum absolute atomic E-state index is 0.0890. The molecular formula is C14H15N5O4. The molecule has 0 bridgehead atoms. The predicted octanol–water partition coefficient (Wildman–Crippen LogP) is 0.318. The maximum atomic E-state index is 12.0. The molecule has 1 aromatic rings. The number of nitriles is 1. The quantitative estimate of drug-likeness (QED) is 0.102. The number of nitrogens with two attached hydrogens (primary N) is 1. The number of aliphatic imine (C=N–C) groups is 2. The highest BCUT2D eigenvalue weighted by Crippen LogP contribution is 2.34. The Bertz CT molecular complexity index is 736. The van der Waals surface area contributed by atoms with Gasteiger partial charge in [0, 0.05) is 19.7 Å². The van der Waals surface area contributed by atoms with Gasteiger partial charge in [-0.05, 0) is 12.1 Å². The van der Waals surface area contributed by atoms with Crippen LogP contribution in [0.25, 0.3) is 5.76 Å². The number of amidine groups is 1. The zero-order valence-electron chi connectivity index (χ0n) is 12.4. The predicted molar refractivity (Wildman–Crippen MR) is 85.3 cm³/mol. The molecule has 1 aromatic carbocycles. The number of carbonyl (C=O) groups is 1. The van der Waals surface area contributed by atoms with Crippen molar-refractivity contribution in [2.45, 2.75) is 0 Å². The molecule has 120 valence electrons. The molecule has 0 saturated heterocycles.